The minimum atomic E-state index is -0.134. The maximum atomic E-state index is 12.1. The molecule has 4 nitrogen and oxygen atoms in total. The van der Waals surface area contributed by atoms with Gasteiger partial charge in [0.05, 0.1) is 5.56 Å². The Balaban J connectivity index is 2.68. The van der Waals surface area contributed by atoms with Gasteiger partial charge >= 0.3 is 0 Å². The second-order valence-corrected chi connectivity index (χ2v) is 6.73. The van der Waals surface area contributed by atoms with Crippen LogP contribution in [0.3, 0.4) is 0 Å². The number of nitrogens with zero attached hydrogens (tertiary/aromatic N) is 1. The SMILES string of the molecule is CN(C)CC(C)(C)CNC(=O)c1cc(Br)ccc1N. The lowest BCUT2D eigenvalue weighted by molar-refractivity contribution is 0.0930. The summed E-state index contributed by atoms with van der Waals surface area (Å²) >= 11 is 3.35. The Bertz CT molecular complexity index is 458. The first-order valence-corrected chi connectivity index (χ1v) is 6.98. The first kappa shape index (κ1) is 16.0. The van der Waals surface area contributed by atoms with E-state index < -0.39 is 0 Å². The molecule has 5 heteroatoms. The summed E-state index contributed by atoms with van der Waals surface area (Å²) in [6, 6.07) is 5.29. The van der Waals surface area contributed by atoms with E-state index in [2.05, 4.69) is 40.0 Å². The fourth-order valence-corrected chi connectivity index (χ4v) is 2.41. The molecule has 0 aliphatic carbocycles. The summed E-state index contributed by atoms with van der Waals surface area (Å²) in [4.78, 5) is 14.2. The van der Waals surface area contributed by atoms with Crippen LogP contribution in [0.5, 0.6) is 0 Å². The van der Waals surface area contributed by atoms with Gasteiger partial charge in [0.2, 0.25) is 0 Å². The highest BCUT2D eigenvalue weighted by Crippen LogP contribution is 2.19. The maximum Gasteiger partial charge on any atom is 0.253 e. The van der Waals surface area contributed by atoms with Gasteiger partial charge in [-0.15, -0.1) is 0 Å². The predicted octanol–water partition coefficient (Wildman–Crippen LogP) is 2.35. The van der Waals surface area contributed by atoms with Gasteiger partial charge in [0.15, 0.2) is 0 Å². The zero-order valence-corrected chi connectivity index (χ0v) is 13.5. The summed E-state index contributed by atoms with van der Waals surface area (Å²) in [7, 11) is 4.05. The van der Waals surface area contributed by atoms with Crippen molar-refractivity contribution in [3.63, 3.8) is 0 Å². The van der Waals surface area contributed by atoms with Crippen LogP contribution < -0.4 is 11.1 Å². The molecule has 106 valence electrons. The highest BCUT2D eigenvalue weighted by atomic mass is 79.9. The van der Waals surface area contributed by atoms with E-state index in [1.807, 2.05) is 20.2 Å². The van der Waals surface area contributed by atoms with E-state index >= 15 is 0 Å². The molecule has 1 aromatic carbocycles. The zero-order valence-electron chi connectivity index (χ0n) is 12.0. The molecule has 19 heavy (non-hydrogen) atoms. The third kappa shape index (κ3) is 5.20. The molecule has 1 amide bonds. The van der Waals surface area contributed by atoms with Crippen molar-refractivity contribution >= 4 is 27.5 Å². The van der Waals surface area contributed by atoms with E-state index in [1.165, 1.54) is 0 Å². The number of hydrogen-bond donors (Lipinski definition) is 2. The number of hydrogen-bond acceptors (Lipinski definition) is 3. The van der Waals surface area contributed by atoms with Crippen LogP contribution >= 0.6 is 15.9 Å². The van der Waals surface area contributed by atoms with Gasteiger partial charge in [-0.1, -0.05) is 29.8 Å². The predicted molar refractivity (Wildman–Crippen MR) is 83.2 cm³/mol. The van der Waals surface area contributed by atoms with Crippen LogP contribution in [0.4, 0.5) is 5.69 Å². The first-order valence-electron chi connectivity index (χ1n) is 6.19. The molecule has 0 spiro atoms. The quantitative estimate of drug-likeness (QED) is 0.816. The average molecular weight is 328 g/mol. The Kier molecular flexibility index (Phi) is 5.38. The molecule has 3 N–H and O–H groups in total. The number of carbonyl (C=O) groups is 1. The largest absolute Gasteiger partial charge is 0.398 e. The minimum absolute atomic E-state index is 0.0138. The highest BCUT2D eigenvalue weighted by molar-refractivity contribution is 9.10. The standard InChI is InChI=1S/C14H22BrN3O/c1-14(2,9-18(3)4)8-17-13(19)11-7-10(15)5-6-12(11)16/h5-7H,8-9,16H2,1-4H3,(H,17,19). The number of nitrogens with two attached hydrogens (primary N) is 1. The van der Waals surface area contributed by atoms with Crippen molar-refractivity contribution in [1.29, 1.82) is 0 Å². The minimum Gasteiger partial charge on any atom is -0.398 e. The normalized spacial score (nSPS) is 11.7. The van der Waals surface area contributed by atoms with Crippen molar-refractivity contribution in [2.24, 2.45) is 5.41 Å². The van der Waals surface area contributed by atoms with E-state index in [9.17, 15) is 4.79 Å². The smallest absolute Gasteiger partial charge is 0.253 e. The number of nitrogen functional groups attached to an aromatic ring is 1. The van der Waals surface area contributed by atoms with Crippen LogP contribution in [0.1, 0.15) is 24.2 Å². The number of amides is 1. The van der Waals surface area contributed by atoms with E-state index in [4.69, 9.17) is 5.73 Å². The lowest BCUT2D eigenvalue weighted by atomic mass is 9.93. The van der Waals surface area contributed by atoms with Crippen molar-refractivity contribution in [2.45, 2.75) is 13.8 Å². The summed E-state index contributed by atoms with van der Waals surface area (Å²) in [5.41, 5.74) is 6.84. The summed E-state index contributed by atoms with van der Waals surface area (Å²) in [6.45, 7) is 5.76. The van der Waals surface area contributed by atoms with Gasteiger partial charge in [-0.05, 0) is 37.7 Å². The van der Waals surface area contributed by atoms with Crippen molar-refractivity contribution in [3.05, 3.63) is 28.2 Å². The maximum absolute atomic E-state index is 12.1. The van der Waals surface area contributed by atoms with E-state index in [-0.39, 0.29) is 11.3 Å². The number of carbonyl (C=O) groups excluding carboxylic acids is 1. The number of benzene rings is 1. The van der Waals surface area contributed by atoms with Gasteiger partial charge < -0.3 is 16.0 Å². The van der Waals surface area contributed by atoms with E-state index in [0.717, 1.165) is 11.0 Å². The van der Waals surface area contributed by atoms with Crippen LogP contribution in [0, 0.1) is 5.41 Å². The molecule has 0 atom stereocenters. The molecule has 0 aliphatic rings. The summed E-state index contributed by atoms with van der Waals surface area (Å²) in [6.07, 6.45) is 0. The molecule has 0 aliphatic heterocycles. The zero-order chi connectivity index (χ0) is 14.6. The van der Waals surface area contributed by atoms with Crippen LogP contribution in [-0.2, 0) is 0 Å². The van der Waals surface area contributed by atoms with Gasteiger partial charge in [0.25, 0.3) is 5.91 Å². The molecule has 1 aromatic rings. The molecular weight excluding hydrogens is 306 g/mol. The van der Waals surface area contributed by atoms with Gasteiger partial charge in [0.1, 0.15) is 0 Å². The number of halogens is 1. The molecule has 0 saturated heterocycles. The molecule has 0 bridgehead atoms. The molecule has 0 saturated carbocycles. The monoisotopic (exact) mass is 327 g/mol. The Morgan fingerprint density at radius 2 is 2.05 bits per heavy atom. The fraction of sp³-hybridized carbons (Fsp3) is 0.500. The Morgan fingerprint density at radius 3 is 2.63 bits per heavy atom. The van der Waals surface area contributed by atoms with Crippen LogP contribution in [-0.4, -0.2) is 38.0 Å². The Morgan fingerprint density at radius 1 is 1.42 bits per heavy atom. The molecule has 0 unspecified atom stereocenters. The van der Waals surface area contributed by atoms with E-state index in [0.29, 0.717) is 17.8 Å². The number of rotatable bonds is 5. The molecule has 0 heterocycles. The van der Waals surface area contributed by atoms with Crippen molar-refractivity contribution in [2.75, 3.05) is 32.9 Å². The van der Waals surface area contributed by atoms with E-state index in [1.54, 1.807) is 12.1 Å². The van der Waals surface area contributed by atoms with Gasteiger partial charge in [-0.2, -0.15) is 0 Å². The topological polar surface area (TPSA) is 58.4 Å². The molecule has 0 aromatic heterocycles. The Hall–Kier alpha value is -1.07. The van der Waals surface area contributed by atoms with Gasteiger partial charge in [-0.3, -0.25) is 4.79 Å². The van der Waals surface area contributed by atoms with Gasteiger partial charge in [-0.25, -0.2) is 0 Å². The third-order valence-electron chi connectivity index (χ3n) is 2.73. The lowest BCUT2D eigenvalue weighted by Crippen LogP contribution is -2.40. The van der Waals surface area contributed by atoms with Crippen LogP contribution in [0.25, 0.3) is 0 Å². The molecule has 0 radical (unpaired) electrons. The second-order valence-electron chi connectivity index (χ2n) is 5.82. The highest BCUT2D eigenvalue weighted by Gasteiger charge is 2.20. The van der Waals surface area contributed by atoms with Crippen LogP contribution in [0.15, 0.2) is 22.7 Å². The average Bonchev–Trinajstić information content (AvgIpc) is 2.27. The fourth-order valence-electron chi connectivity index (χ4n) is 2.05. The van der Waals surface area contributed by atoms with Crippen molar-refractivity contribution in [1.82, 2.24) is 10.2 Å². The lowest BCUT2D eigenvalue weighted by Gasteiger charge is -2.28. The summed E-state index contributed by atoms with van der Waals surface area (Å²) in [5, 5.41) is 2.95. The first-order chi connectivity index (χ1) is 8.71. The third-order valence-corrected chi connectivity index (χ3v) is 3.22. The van der Waals surface area contributed by atoms with Gasteiger partial charge in [0, 0.05) is 23.2 Å². The molecule has 1 rings (SSSR count). The summed E-state index contributed by atoms with van der Waals surface area (Å²) < 4.78 is 0.847. The van der Waals surface area contributed by atoms with Crippen molar-refractivity contribution in [3.8, 4) is 0 Å². The number of anilines is 1. The summed E-state index contributed by atoms with van der Waals surface area (Å²) in [5.74, 6) is -0.134. The van der Waals surface area contributed by atoms with Crippen molar-refractivity contribution < 1.29 is 4.79 Å². The molecular formula is C14H22BrN3O. The Labute approximate surface area is 123 Å². The van der Waals surface area contributed by atoms with Crippen LogP contribution in [0.2, 0.25) is 0 Å². The molecule has 0 fully saturated rings. The second kappa shape index (κ2) is 6.39. The number of nitrogens with one attached hydrogen (secondary N) is 1.